The fraction of sp³-hybridized carbons (Fsp3) is 0.158. The van der Waals surface area contributed by atoms with Crippen molar-refractivity contribution in [1.82, 2.24) is 0 Å². The van der Waals surface area contributed by atoms with Gasteiger partial charge in [-0.15, -0.1) is 11.8 Å². The van der Waals surface area contributed by atoms with Crippen molar-refractivity contribution in [2.24, 2.45) is 0 Å². The predicted octanol–water partition coefficient (Wildman–Crippen LogP) is 3.43. The normalized spacial score (nSPS) is 14.2. The summed E-state index contributed by atoms with van der Waals surface area (Å²) in [6.07, 6.45) is 5.32. The van der Waals surface area contributed by atoms with Crippen LogP contribution in [0, 0.1) is 0 Å². The molecule has 0 N–H and O–H groups in total. The number of hydrogen-bond donors (Lipinski definition) is 0. The maximum atomic E-state index is 12.6. The van der Waals surface area contributed by atoms with E-state index in [1.54, 1.807) is 29.8 Å². The van der Waals surface area contributed by atoms with Gasteiger partial charge < -0.3 is 4.90 Å². The number of benzene rings is 2. The van der Waals surface area contributed by atoms with Crippen LogP contribution in [0.25, 0.3) is 6.08 Å². The van der Waals surface area contributed by atoms with Gasteiger partial charge >= 0.3 is 0 Å². The molecular formula is C19H18N2O2S. The van der Waals surface area contributed by atoms with Crippen LogP contribution >= 0.6 is 11.8 Å². The molecule has 5 heteroatoms. The zero-order valence-electron chi connectivity index (χ0n) is 13.6. The average molecular weight is 338 g/mol. The predicted molar refractivity (Wildman–Crippen MR) is 99.5 cm³/mol. The molecule has 4 nitrogen and oxygen atoms in total. The number of amides is 2. The third-order valence-corrected chi connectivity index (χ3v) is 4.75. The maximum absolute atomic E-state index is 12.6. The summed E-state index contributed by atoms with van der Waals surface area (Å²) in [5, 5.41) is 0. The molecule has 0 spiro atoms. The van der Waals surface area contributed by atoms with Gasteiger partial charge in [0.25, 0.3) is 5.91 Å². The van der Waals surface area contributed by atoms with Crippen LogP contribution in [-0.2, 0) is 9.59 Å². The van der Waals surface area contributed by atoms with E-state index >= 15 is 0 Å². The molecule has 24 heavy (non-hydrogen) atoms. The van der Waals surface area contributed by atoms with Gasteiger partial charge in [0.05, 0.1) is 11.4 Å². The second-order valence-electron chi connectivity index (χ2n) is 5.47. The molecular weight excluding hydrogens is 320 g/mol. The molecule has 0 fully saturated rings. The van der Waals surface area contributed by atoms with E-state index in [2.05, 4.69) is 0 Å². The van der Waals surface area contributed by atoms with Gasteiger partial charge in [0.15, 0.2) is 0 Å². The van der Waals surface area contributed by atoms with E-state index < -0.39 is 0 Å². The van der Waals surface area contributed by atoms with Gasteiger partial charge in [-0.25, -0.2) is 0 Å². The van der Waals surface area contributed by atoms with E-state index in [1.165, 1.54) is 15.9 Å². The standard InChI is InChI=1S/C19H18N2O2S/c1-20-16-5-3-4-6-17(16)21(13-19(20)23)18(22)12-9-14-7-10-15(24-2)11-8-14/h3-12H,13H2,1-2H3/b12-9+. The summed E-state index contributed by atoms with van der Waals surface area (Å²) < 4.78 is 0. The van der Waals surface area contributed by atoms with Gasteiger partial charge in [-0.1, -0.05) is 24.3 Å². The van der Waals surface area contributed by atoms with Crippen LogP contribution in [0.5, 0.6) is 0 Å². The topological polar surface area (TPSA) is 40.6 Å². The summed E-state index contributed by atoms with van der Waals surface area (Å²) in [6.45, 7) is 0.0576. The molecule has 0 aromatic heterocycles. The first-order chi connectivity index (χ1) is 11.6. The van der Waals surface area contributed by atoms with Gasteiger partial charge in [0.1, 0.15) is 6.54 Å². The Balaban J connectivity index is 1.83. The molecule has 1 aliphatic heterocycles. The SMILES string of the molecule is CSc1ccc(/C=C/C(=O)N2CC(=O)N(C)c3ccccc32)cc1. The Labute approximate surface area is 145 Å². The molecule has 2 aromatic carbocycles. The number of rotatable bonds is 3. The number of fused-ring (bicyclic) bond motifs is 1. The lowest BCUT2D eigenvalue weighted by molar-refractivity contribution is -0.120. The van der Waals surface area contributed by atoms with Gasteiger partial charge in [-0.2, -0.15) is 0 Å². The molecule has 2 amide bonds. The Hall–Kier alpha value is -2.53. The van der Waals surface area contributed by atoms with Crippen LogP contribution in [0.15, 0.2) is 59.5 Å². The highest BCUT2D eigenvalue weighted by atomic mass is 32.2. The maximum Gasteiger partial charge on any atom is 0.251 e. The number of likely N-dealkylation sites (N-methyl/N-ethyl adjacent to an activating group) is 1. The Bertz CT molecular complexity index is 799. The highest BCUT2D eigenvalue weighted by Gasteiger charge is 2.29. The highest BCUT2D eigenvalue weighted by molar-refractivity contribution is 7.98. The molecule has 0 saturated carbocycles. The fourth-order valence-electron chi connectivity index (χ4n) is 2.61. The number of anilines is 2. The highest BCUT2D eigenvalue weighted by Crippen LogP contribution is 2.32. The molecule has 1 aliphatic rings. The number of para-hydroxylation sites is 2. The minimum absolute atomic E-state index is 0.0576. The van der Waals surface area contributed by atoms with Crippen molar-refractivity contribution in [2.45, 2.75) is 4.90 Å². The smallest absolute Gasteiger partial charge is 0.251 e. The second-order valence-corrected chi connectivity index (χ2v) is 6.35. The number of nitrogens with zero attached hydrogens (tertiary/aromatic N) is 2. The van der Waals surface area contributed by atoms with Gasteiger partial charge in [-0.3, -0.25) is 14.5 Å². The summed E-state index contributed by atoms with van der Waals surface area (Å²) in [5.74, 6) is -0.294. The zero-order chi connectivity index (χ0) is 17.1. The van der Waals surface area contributed by atoms with Crippen molar-refractivity contribution in [3.8, 4) is 0 Å². The van der Waals surface area contributed by atoms with Crippen LogP contribution < -0.4 is 9.80 Å². The summed E-state index contributed by atoms with van der Waals surface area (Å²) in [4.78, 5) is 29.0. The van der Waals surface area contributed by atoms with Gasteiger partial charge in [0.2, 0.25) is 5.91 Å². The first kappa shape index (κ1) is 16.3. The first-order valence-electron chi connectivity index (χ1n) is 7.59. The number of hydrogen-bond acceptors (Lipinski definition) is 3. The van der Waals surface area contributed by atoms with Crippen molar-refractivity contribution in [3.05, 3.63) is 60.2 Å². The molecule has 0 atom stereocenters. The lowest BCUT2D eigenvalue weighted by Gasteiger charge is -2.33. The van der Waals surface area contributed by atoms with Crippen LogP contribution in [0.2, 0.25) is 0 Å². The summed E-state index contributed by atoms with van der Waals surface area (Å²) in [6, 6.07) is 15.4. The Morgan fingerprint density at radius 3 is 2.42 bits per heavy atom. The largest absolute Gasteiger partial charge is 0.312 e. The van der Waals surface area contributed by atoms with Crippen LogP contribution in [0.3, 0.4) is 0 Å². The second kappa shape index (κ2) is 6.93. The minimum atomic E-state index is -0.196. The van der Waals surface area contributed by atoms with E-state index in [9.17, 15) is 9.59 Å². The van der Waals surface area contributed by atoms with E-state index in [0.29, 0.717) is 0 Å². The molecule has 0 unspecified atom stereocenters. The van der Waals surface area contributed by atoms with E-state index in [1.807, 2.05) is 54.8 Å². The molecule has 0 saturated heterocycles. The number of carbonyl (C=O) groups is 2. The summed E-state index contributed by atoms with van der Waals surface area (Å²) in [5.41, 5.74) is 2.46. The molecule has 0 radical (unpaired) electrons. The summed E-state index contributed by atoms with van der Waals surface area (Å²) in [7, 11) is 1.73. The van der Waals surface area contributed by atoms with Crippen LogP contribution in [-0.4, -0.2) is 31.7 Å². The van der Waals surface area contributed by atoms with Crippen molar-refractivity contribution >= 4 is 41.0 Å². The third-order valence-electron chi connectivity index (χ3n) is 4.00. The lowest BCUT2D eigenvalue weighted by atomic mass is 10.1. The van der Waals surface area contributed by atoms with E-state index in [-0.39, 0.29) is 18.4 Å². The van der Waals surface area contributed by atoms with E-state index in [0.717, 1.165) is 16.9 Å². The fourth-order valence-corrected chi connectivity index (χ4v) is 3.01. The molecule has 122 valence electrons. The summed E-state index contributed by atoms with van der Waals surface area (Å²) >= 11 is 1.68. The molecule has 0 bridgehead atoms. The Morgan fingerprint density at radius 1 is 1.08 bits per heavy atom. The zero-order valence-corrected chi connectivity index (χ0v) is 14.4. The van der Waals surface area contributed by atoms with E-state index in [4.69, 9.17) is 0 Å². The minimum Gasteiger partial charge on any atom is -0.312 e. The van der Waals surface area contributed by atoms with Crippen molar-refractivity contribution in [2.75, 3.05) is 29.6 Å². The first-order valence-corrected chi connectivity index (χ1v) is 8.82. The number of carbonyl (C=O) groups excluding carboxylic acids is 2. The molecule has 2 aromatic rings. The lowest BCUT2D eigenvalue weighted by Crippen LogP contribution is -2.46. The van der Waals surface area contributed by atoms with Crippen LogP contribution in [0.1, 0.15) is 5.56 Å². The van der Waals surface area contributed by atoms with Crippen LogP contribution in [0.4, 0.5) is 11.4 Å². The van der Waals surface area contributed by atoms with Crippen molar-refractivity contribution in [3.63, 3.8) is 0 Å². The third kappa shape index (κ3) is 3.21. The number of thioether (sulfide) groups is 1. The molecule has 1 heterocycles. The quantitative estimate of drug-likeness (QED) is 0.636. The Morgan fingerprint density at radius 2 is 1.75 bits per heavy atom. The molecule has 3 rings (SSSR count). The average Bonchev–Trinajstić information content (AvgIpc) is 2.63. The molecule has 0 aliphatic carbocycles. The van der Waals surface area contributed by atoms with Crippen molar-refractivity contribution < 1.29 is 9.59 Å². The monoisotopic (exact) mass is 338 g/mol. The van der Waals surface area contributed by atoms with Crippen molar-refractivity contribution in [1.29, 1.82) is 0 Å². The van der Waals surface area contributed by atoms with Gasteiger partial charge in [0, 0.05) is 18.0 Å². The van der Waals surface area contributed by atoms with Gasteiger partial charge in [-0.05, 0) is 42.2 Å². The Kier molecular flexibility index (Phi) is 4.71.